The first-order chi connectivity index (χ1) is 7.77. The van der Waals surface area contributed by atoms with Crippen molar-refractivity contribution in [3.63, 3.8) is 0 Å². The van der Waals surface area contributed by atoms with Gasteiger partial charge in [-0.2, -0.15) is 0 Å². The number of H-pyrrole nitrogens is 1. The van der Waals surface area contributed by atoms with Crippen LogP contribution in [0.4, 0.5) is 0 Å². The number of amides is 1. The van der Waals surface area contributed by atoms with Crippen LogP contribution in [0.3, 0.4) is 0 Å². The van der Waals surface area contributed by atoms with Gasteiger partial charge in [-0.25, -0.2) is 4.98 Å². The van der Waals surface area contributed by atoms with E-state index in [0.29, 0.717) is 6.54 Å². The van der Waals surface area contributed by atoms with Gasteiger partial charge < -0.3 is 15.6 Å². The van der Waals surface area contributed by atoms with Gasteiger partial charge in [-0.15, -0.1) is 0 Å². The Hall–Kier alpha value is -1.36. The summed E-state index contributed by atoms with van der Waals surface area (Å²) in [5, 5.41) is 6.20. The van der Waals surface area contributed by atoms with E-state index in [0.717, 1.165) is 31.8 Å². The molecule has 88 valence electrons. The lowest BCUT2D eigenvalue weighted by Crippen LogP contribution is -2.41. The Bertz CT molecular complexity index is 341. The van der Waals surface area contributed by atoms with Crippen LogP contribution < -0.4 is 10.6 Å². The molecule has 0 radical (unpaired) electrons. The average Bonchev–Trinajstić information content (AvgIpc) is 2.97. The summed E-state index contributed by atoms with van der Waals surface area (Å²) in [5.74, 6) is 0.932. The van der Waals surface area contributed by atoms with Gasteiger partial charge in [0, 0.05) is 18.9 Å². The molecule has 2 rings (SSSR count). The van der Waals surface area contributed by atoms with Gasteiger partial charge in [-0.05, 0) is 19.4 Å². The Kier molecular flexibility index (Phi) is 3.24. The Morgan fingerprint density at radius 3 is 3.12 bits per heavy atom. The van der Waals surface area contributed by atoms with Gasteiger partial charge in [0.05, 0.1) is 12.0 Å². The molecule has 16 heavy (non-hydrogen) atoms. The molecule has 1 aliphatic heterocycles. The first-order valence-corrected chi connectivity index (χ1v) is 5.74. The number of aromatic amines is 1. The van der Waals surface area contributed by atoms with Crippen LogP contribution in [-0.2, 0) is 11.3 Å². The van der Waals surface area contributed by atoms with Gasteiger partial charge in [-0.3, -0.25) is 4.79 Å². The Morgan fingerprint density at radius 2 is 2.56 bits per heavy atom. The van der Waals surface area contributed by atoms with Gasteiger partial charge in [0.15, 0.2) is 0 Å². The molecule has 0 aromatic carbocycles. The quantitative estimate of drug-likeness (QED) is 0.691. The summed E-state index contributed by atoms with van der Waals surface area (Å²) >= 11 is 0. The minimum Gasteiger partial charge on any atom is -0.348 e. The molecule has 0 saturated carbocycles. The van der Waals surface area contributed by atoms with E-state index >= 15 is 0 Å². The maximum Gasteiger partial charge on any atom is 0.227 e. The molecular formula is C11H18N4O. The van der Waals surface area contributed by atoms with E-state index in [1.165, 1.54) is 0 Å². The average molecular weight is 222 g/mol. The third-order valence-corrected chi connectivity index (χ3v) is 3.37. The lowest BCUT2D eigenvalue weighted by atomic mass is 9.83. The highest BCUT2D eigenvalue weighted by Crippen LogP contribution is 2.29. The molecule has 1 fully saturated rings. The van der Waals surface area contributed by atoms with Gasteiger partial charge in [0.25, 0.3) is 0 Å². The highest BCUT2D eigenvalue weighted by molar-refractivity contribution is 5.83. The van der Waals surface area contributed by atoms with Crippen molar-refractivity contribution >= 4 is 5.91 Å². The lowest BCUT2D eigenvalue weighted by Gasteiger charge is -2.24. The molecular weight excluding hydrogens is 204 g/mol. The molecule has 0 aliphatic carbocycles. The molecule has 3 N–H and O–H groups in total. The van der Waals surface area contributed by atoms with Crippen molar-refractivity contribution in [2.45, 2.75) is 26.3 Å². The number of nitrogens with zero attached hydrogens (tertiary/aromatic N) is 1. The molecule has 5 heteroatoms. The van der Waals surface area contributed by atoms with Crippen molar-refractivity contribution in [3.8, 4) is 0 Å². The lowest BCUT2D eigenvalue weighted by molar-refractivity contribution is -0.130. The molecule has 1 saturated heterocycles. The maximum atomic E-state index is 12.1. The second-order valence-corrected chi connectivity index (χ2v) is 4.28. The second kappa shape index (κ2) is 4.65. The molecule has 1 atom stereocenters. The van der Waals surface area contributed by atoms with E-state index in [-0.39, 0.29) is 11.3 Å². The predicted octanol–water partition coefficient (Wildman–Crippen LogP) is 0.416. The molecule has 0 bridgehead atoms. The summed E-state index contributed by atoms with van der Waals surface area (Å²) in [5.41, 5.74) is -0.216. The minimum absolute atomic E-state index is 0.136. The zero-order valence-corrected chi connectivity index (χ0v) is 9.55. The van der Waals surface area contributed by atoms with Gasteiger partial charge in [0.1, 0.15) is 5.82 Å². The second-order valence-electron chi connectivity index (χ2n) is 4.28. The van der Waals surface area contributed by atoms with E-state index in [1.807, 2.05) is 0 Å². The van der Waals surface area contributed by atoms with Crippen molar-refractivity contribution < 1.29 is 4.79 Å². The summed E-state index contributed by atoms with van der Waals surface area (Å²) in [6.45, 7) is 4.27. The summed E-state index contributed by atoms with van der Waals surface area (Å²) in [7, 11) is 0. The molecule has 5 nitrogen and oxygen atoms in total. The highest BCUT2D eigenvalue weighted by atomic mass is 16.2. The van der Waals surface area contributed by atoms with E-state index in [9.17, 15) is 4.79 Å². The number of hydrogen-bond acceptors (Lipinski definition) is 3. The fourth-order valence-corrected chi connectivity index (χ4v) is 2.15. The van der Waals surface area contributed by atoms with Crippen LogP contribution in [0.25, 0.3) is 0 Å². The van der Waals surface area contributed by atoms with E-state index in [2.05, 4.69) is 27.5 Å². The monoisotopic (exact) mass is 222 g/mol. The van der Waals surface area contributed by atoms with Crippen molar-refractivity contribution in [1.29, 1.82) is 0 Å². The topological polar surface area (TPSA) is 69.8 Å². The molecule has 1 aromatic heterocycles. The van der Waals surface area contributed by atoms with E-state index < -0.39 is 0 Å². The summed E-state index contributed by atoms with van der Waals surface area (Å²) in [6, 6.07) is 0. The van der Waals surface area contributed by atoms with Crippen LogP contribution in [0.2, 0.25) is 0 Å². The highest BCUT2D eigenvalue weighted by Gasteiger charge is 2.39. The van der Waals surface area contributed by atoms with E-state index in [1.54, 1.807) is 12.4 Å². The smallest absolute Gasteiger partial charge is 0.227 e. The first kappa shape index (κ1) is 11.1. The van der Waals surface area contributed by atoms with Crippen LogP contribution in [0.1, 0.15) is 25.6 Å². The van der Waals surface area contributed by atoms with Crippen molar-refractivity contribution in [3.05, 3.63) is 18.2 Å². The number of carbonyl (C=O) groups excluding carboxylic acids is 1. The Labute approximate surface area is 95.0 Å². The van der Waals surface area contributed by atoms with Crippen LogP contribution in [0.5, 0.6) is 0 Å². The van der Waals surface area contributed by atoms with Crippen LogP contribution in [-0.4, -0.2) is 29.0 Å². The number of carbonyl (C=O) groups is 1. The summed E-state index contributed by atoms with van der Waals surface area (Å²) in [6.07, 6.45) is 5.25. The Morgan fingerprint density at radius 1 is 1.69 bits per heavy atom. The molecule has 1 amide bonds. The number of nitrogens with one attached hydrogen (secondary N) is 3. The van der Waals surface area contributed by atoms with Crippen LogP contribution in [0.15, 0.2) is 12.4 Å². The molecule has 0 spiro atoms. The van der Waals surface area contributed by atoms with Gasteiger partial charge in [-0.1, -0.05) is 6.92 Å². The third kappa shape index (κ3) is 2.09. The maximum absolute atomic E-state index is 12.1. The standard InChI is InChI=1S/C11H18N4O/c1-2-11(3-4-12-8-11)10(16)15-7-9-13-5-6-14-9/h5-6,12H,2-4,7-8H2,1H3,(H,13,14)(H,15,16). The molecule has 2 heterocycles. The Balaban J connectivity index is 1.91. The van der Waals surface area contributed by atoms with Gasteiger partial charge >= 0.3 is 0 Å². The van der Waals surface area contributed by atoms with Crippen LogP contribution in [0, 0.1) is 5.41 Å². The third-order valence-electron chi connectivity index (χ3n) is 3.37. The number of aromatic nitrogens is 2. The largest absolute Gasteiger partial charge is 0.348 e. The van der Waals surface area contributed by atoms with Crippen LogP contribution >= 0.6 is 0 Å². The fourth-order valence-electron chi connectivity index (χ4n) is 2.15. The predicted molar refractivity (Wildman–Crippen MR) is 60.6 cm³/mol. The normalized spacial score (nSPS) is 24.6. The van der Waals surface area contributed by atoms with Crippen molar-refractivity contribution in [1.82, 2.24) is 20.6 Å². The van der Waals surface area contributed by atoms with Gasteiger partial charge in [0.2, 0.25) is 5.91 Å². The number of rotatable bonds is 4. The molecule has 1 aliphatic rings. The van der Waals surface area contributed by atoms with Crippen molar-refractivity contribution in [2.75, 3.05) is 13.1 Å². The van der Waals surface area contributed by atoms with Crippen molar-refractivity contribution in [2.24, 2.45) is 5.41 Å². The zero-order valence-electron chi connectivity index (χ0n) is 9.55. The SMILES string of the molecule is CCC1(C(=O)NCc2ncc[nH]2)CCNC1. The minimum atomic E-state index is -0.216. The molecule has 1 unspecified atom stereocenters. The van der Waals surface area contributed by atoms with E-state index in [4.69, 9.17) is 0 Å². The summed E-state index contributed by atoms with van der Waals surface area (Å²) < 4.78 is 0. The number of hydrogen-bond donors (Lipinski definition) is 3. The fraction of sp³-hybridized carbons (Fsp3) is 0.636. The first-order valence-electron chi connectivity index (χ1n) is 5.74. The summed E-state index contributed by atoms with van der Waals surface area (Å²) in [4.78, 5) is 19.2. The number of imidazole rings is 1. The molecule has 1 aromatic rings. The zero-order chi connectivity index (χ0) is 11.4.